The van der Waals surface area contributed by atoms with Crippen LogP contribution in [0.4, 0.5) is 5.69 Å². The van der Waals surface area contributed by atoms with E-state index in [4.69, 9.17) is 5.26 Å². The van der Waals surface area contributed by atoms with Gasteiger partial charge in [0.15, 0.2) is 0 Å². The molecule has 5 heteroatoms. The normalized spacial score (nSPS) is 17.6. The van der Waals surface area contributed by atoms with Crippen molar-refractivity contribution in [2.24, 2.45) is 7.05 Å². The van der Waals surface area contributed by atoms with Crippen LogP contribution in [0, 0.1) is 11.3 Å². The molecule has 5 nitrogen and oxygen atoms in total. The molecule has 0 amide bonds. The Bertz CT molecular complexity index is 478. The zero-order valence-corrected chi connectivity index (χ0v) is 9.73. The summed E-state index contributed by atoms with van der Waals surface area (Å²) in [7, 11) is 1.77. The maximum Gasteiger partial charge on any atom is 0.329 e. The number of aliphatic carboxylic acids is 1. The van der Waals surface area contributed by atoms with Crippen LogP contribution in [0.2, 0.25) is 0 Å². The smallest absolute Gasteiger partial charge is 0.329 e. The van der Waals surface area contributed by atoms with Crippen LogP contribution < -0.4 is 5.32 Å². The van der Waals surface area contributed by atoms with Gasteiger partial charge in [0, 0.05) is 13.2 Å². The van der Waals surface area contributed by atoms with E-state index in [0.29, 0.717) is 24.2 Å². The molecule has 2 N–H and O–H groups in total. The first-order chi connectivity index (χ1) is 8.07. The number of hydrogen-bond acceptors (Lipinski definition) is 3. The fourth-order valence-corrected chi connectivity index (χ4v) is 2.39. The number of carboxylic acids is 1. The average Bonchev–Trinajstić information content (AvgIpc) is 2.87. The number of aryl methyl sites for hydroxylation is 1. The molecular formula is C12H15N3O2. The van der Waals surface area contributed by atoms with Crippen molar-refractivity contribution in [3.8, 4) is 6.07 Å². The summed E-state index contributed by atoms with van der Waals surface area (Å²) in [6, 6.07) is 3.74. The Balaban J connectivity index is 2.24. The van der Waals surface area contributed by atoms with Crippen molar-refractivity contribution in [2.75, 3.05) is 5.32 Å². The highest BCUT2D eigenvalue weighted by Gasteiger charge is 2.41. The molecule has 1 aliphatic carbocycles. The highest BCUT2D eigenvalue weighted by molar-refractivity contribution is 5.83. The Hall–Kier alpha value is -1.96. The van der Waals surface area contributed by atoms with Crippen molar-refractivity contribution in [3.05, 3.63) is 18.0 Å². The molecule has 0 spiro atoms. The lowest BCUT2D eigenvalue weighted by Crippen LogP contribution is -2.43. The third-order valence-electron chi connectivity index (χ3n) is 3.37. The average molecular weight is 233 g/mol. The van der Waals surface area contributed by atoms with Crippen LogP contribution >= 0.6 is 0 Å². The van der Waals surface area contributed by atoms with Crippen LogP contribution in [0.5, 0.6) is 0 Å². The Kier molecular flexibility index (Phi) is 2.80. The van der Waals surface area contributed by atoms with Gasteiger partial charge in [0.05, 0.1) is 5.69 Å². The Labute approximate surface area is 99.7 Å². The molecule has 0 atom stereocenters. The van der Waals surface area contributed by atoms with E-state index in [-0.39, 0.29) is 0 Å². The first kappa shape index (κ1) is 11.5. The van der Waals surface area contributed by atoms with E-state index in [1.54, 1.807) is 23.9 Å². The van der Waals surface area contributed by atoms with Gasteiger partial charge in [-0.1, -0.05) is 12.8 Å². The number of nitrogens with one attached hydrogen (secondary N) is 1. The number of carbonyl (C=O) groups is 1. The van der Waals surface area contributed by atoms with E-state index in [1.807, 2.05) is 0 Å². The number of aromatic nitrogens is 1. The van der Waals surface area contributed by atoms with Gasteiger partial charge in [0.1, 0.15) is 17.3 Å². The summed E-state index contributed by atoms with van der Waals surface area (Å²) in [5.74, 6) is -0.808. The number of rotatable bonds is 3. The van der Waals surface area contributed by atoms with E-state index >= 15 is 0 Å². The van der Waals surface area contributed by atoms with E-state index in [9.17, 15) is 9.90 Å². The van der Waals surface area contributed by atoms with Gasteiger partial charge in [-0.25, -0.2) is 4.79 Å². The van der Waals surface area contributed by atoms with Gasteiger partial charge in [0.25, 0.3) is 0 Å². The summed E-state index contributed by atoms with van der Waals surface area (Å²) in [5.41, 5.74) is 0.369. The molecule has 1 fully saturated rings. The van der Waals surface area contributed by atoms with Gasteiger partial charge < -0.3 is 15.0 Å². The number of anilines is 1. The van der Waals surface area contributed by atoms with Gasteiger partial charge in [-0.2, -0.15) is 5.26 Å². The summed E-state index contributed by atoms with van der Waals surface area (Å²) in [4.78, 5) is 11.4. The number of nitrogens with zero attached hydrogens (tertiary/aromatic N) is 2. The molecule has 90 valence electrons. The lowest BCUT2D eigenvalue weighted by atomic mass is 9.98. The summed E-state index contributed by atoms with van der Waals surface area (Å²) in [5, 5.41) is 21.3. The number of nitriles is 1. The third-order valence-corrected chi connectivity index (χ3v) is 3.37. The number of carboxylic acid groups (broad SMARTS) is 1. The fourth-order valence-electron chi connectivity index (χ4n) is 2.39. The minimum atomic E-state index is -0.853. The van der Waals surface area contributed by atoms with Crippen molar-refractivity contribution < 1.29 is 9.90 Å². The van der Waals surface area contributed by atoms with Crippen LogP contribution in [-0.4, -0.2) is 21.2 Å². The van der Waals surface area contributed by atoms with Crippen LogP contribution in [0.3, 0.4) is 0 Å². The minimum absolute atomic E-state index is 0.519. The Morgan fingerprint density at radius 3 is 2.71 bits per heavy atom. The highest BCUT2D eigenvalue weighted by atomic mass is 16.4. The maximum absolute atomic E-state index is 11.4. The lowest BCUT2D eigenvalue weighted by Gasteiger charge is -2.25. The molecule has 1 heterocycles. The number of hydrogen-bond donors (Lipinski definition) is 2. The van der Waals surface area contributed by atoms with Crippen molar-refractivity contribution in [2.45, 2.75) is 31.2 Å². The SMILES string of the molecule is Cn1cc(NC2(C(=O)O)CCCC2)cc1C#N. The predicted molar refractivity (Wildman–Crippen MR) is 62.6 cm³/mol. The molecule has 0 aromatic carbocycles. The zero-order valence-electron chi connectivity index (χ0n) is 9.73. The van der Waals surface area contributed by atoms with Crippen LogP contribution in [0.15, 0.2) is 12.3 Å². The predicted octanol–water partition coefficient (Wildman–Crippen LogP) is 1.71. The van der Waals surface area contributed by atoms with Crippen LogP contribution in [0.25, 0.3) is 0 Å². The summed E-state index contributed by atoms with van der Waals surface area (Å²) >= 11 is 0. The minimum Gasteiger partial charge on any atom is -0.480 e. The molecule has 1 aromatic heterocycles. The van der Waals surface area contributed by atoms with Gasteiger partial charge >= 0.3 is 5.97 Å². The van der Waals surface area contributed by atoms with Gasteiger partial charge in [-0.05, 0) is 18.9 Å². The molecule has 2 rings (SSSR count). The van der Waals surface area contributed by atoms with E-state index in [1.165, 1.54) is 0 Å². The molecule has 1 aliphatic rings. The van der Waals surface area contributed by atoms with Gasteiger partial charge in [-0.3, -0.25) is 0 Å². The second kappa shape index (κ2) is 4.13. The topological polar surface area (TPSA) is 78.1 Å². The largest absolute Gasteiger partial charge is 0.480 e. The first-order valence-electron chi connectivity index (χ1n) is 5.65. The molecule has 1 aromatic rings. The molecule has 0 unspecified atom stereocenters. The van der Waals surface area contributed by atoms with Crippen molar-refractivity contribution >= 4 is 11.7 Å². The molecule has 17 heavy (non-hydrogen) atoms. The van der Waals surface area contributed by atoms with Crippen LogP contribution in [-0.2, 0) is 11.8 Å². The molecule has 0 bridgehead atoms. The second-order valence-electron chi connectivity index (χ2n) is 4.56. The Morgan fingerprint density at radius 2 is 2.24 bits per heavy atom. The van der Waals surface area contributed by atoms with E-state index in [0.717, 1.165) is 12.8 Å². The van der Waals surface area contributed by atoms with Gasteiger partial charge in [-0.15, -0.1) is 0 Å². The van der Waals surface area contributed by atoms with Crippen molar-refractivity contribution in [3.63, 3.8) is 0 Å². The van der Waals surface area contributed by atoms with E-state index < -0.39 is 11.5 Å². The zero-order chi connectivity index (χ0) is 12.5. The quantitative estimate of drug-likeness (QED) is 0.833. The maximum atomic E-state index is 11.4. The monoisotopic (exact) mass is 233 g/mol. The molecular weight excluding hydrogens is 218 g/mol. The van der Waals surface area contributed by atoms with Crippen LogP contribution in [0.1, 0.15) is 31.4 Å². The highest BCUT2D eigenvalue weighted by Crippen LogP contribution is 2.33. The van der Waals surface area contributed by atoms with E-state index in [2.05, 4.69) is 11.4 Å². The summed E-state index contributed by atoms with van der Waals surface area (Å²) in [6.07, 6.45) is 4.88. The van der Waals surface area contributed by atoms with Crippen molar-refractivity contribution in [1.29, 1.82) is 5.26 Å². The second-order valence-corrected chi connectivity index (χ2v) is 4.56. The van der Waals surface area contributed by atoms with Crippen molar-refractivity contribution in [1.82, 2.24) is 4.57 Å². The Morgan fingerprint density at radius 1 is 1.59 bits per heavy atom. The molecule has 1 saturated carbocycles. The standard InChI is InChI=1S/C12H15N3O2/c1-15-8-9(6-10(15)7-13)14-12(11(16)17)4-2-3-5-12/h6,8,14H,2-5H2,1H3,(H,16,17). The molecule has 0 saturated heterocycles. The summed E-state index contributed by atoms with van der Waals surface area (Å²) < 4.78 is 1.69. The lowest BCUT2D eigenvalue weighted by molar-refractivity contribution is -0.142. The first-order valence-corrected chi connectivity index (χ1v) is 5.65. The van der Waals surface area contributed by atoms with Gasteiger partial charge in [0.2, 0.25) is 0 Å². The fraction of sp³-hybridized carbons (Fsp3) is 0.500. The third kappa shape index (κ3) is 1.98. The molecule has 0 radical (unpaired) electrons. The summed E-state index contributed by atoms with van der Waals surface area (Å²) in [6.45, 7) is 0. The molecule has 0 aliphatic heterocycles.